The van der Waals surface area contributed by atoms with Crippen LogP contribution in [0.2, 0.25) is 0 Å². The second-order valence-electron chi connectivity index (χ2n) is 6.12. The summed E-state index contributed by atoms with van der Waals surface area (Å²) in [7, 11) is 0. The number of anilines is 1. The predicted molar refractivity (Wildman–Crippen MR) is 107 cm³/mol. The molecular formula is C18H18N8O2S. The molecule has 4 rings (SSSR count). The highest BCUT2D eigenvalue weighted by atomic mass is 32.2. The Labute approximate surface area is 170 Å². The Morgan fingerprint density at radius 2 is 2.17 bits per heavy atom. The van der Waals surface area contributed by atoms with E-state index in [0.717, 1.165) is 11.3 Å². The van der Waals surface area contributed by atoms with Crippen LogP contribution in [0.4, 0.5) is 5.69 Å². The third kappa shape index (κ3) is 4.04. The average Bonchev–Trinajstić information content (AvgIpc) is 3.48. The van der Waals surface area contributed by atoms with Crippen molar-refractivity contribution in [2.24, 2.45) is 0 Å². The second kappa shape index (κ2) is 8.27. The summed E-state index contributed by atoms with van der Waals surface area (Å²) in [6, 6.07) is 9.21. The summed E-state index contributed by atoms with van der Waals surface area (Å²) in [5, 5.41) is 23.1. The largest absolute Gasteiger partial charge is 0.461 e. The van der Waals surface area contributed by atoms with Gasteiger partial charge in [0.2, 0.25) is 5.91 Å². The molecule has 0 fully saturated rings. The van der Waals surface area contributed by atoms with Crippen LogP contribution in [0.15, 0.2) is 52.5 Å². The Kier molecular flexibility index (Phi) is 5.38. The average molecular weight is 410 g/mol. The van der Waals surface area contributed by atoms with Crippen LogP contribution in [-0.2, 0) is 11.3 Å². The van der Waals surface area contributed by atoms with Gasteiger partial charge in [-0.2, -0.15) is 0 Å². The minimum atomic E-state index is -0.147. The van der Waals surface area contributed by atoms with Crippen LogP contribution in [0.1, 0.15) is 12.5 Å². The molecule has 1 amide bonds. The molecule has 0 radical (unpaired) electrons. The van der Waals surface area contributed by atoms with Gasteiger partial charge in [0.25, 0.3) is 0 Å². The Morgan fingerprint density at radius 3 is 2.90 bits per heavy atom. The van der Waals surface area contributed by atoms with Gasteiger partial charge in [-0.1, -0.05) is 17.8 Å². The Balaban J connectivity index is 1.43. The van der Waals surface area contributed by atoms with Gasteiger partial charge < -0.3 is 9.73 Å². The molecule has 0 aliphatic carbocycles. The van der Waals surface area contributed by atoms with Crippen LogP contribution < -0.4 is 5.32 Å². The van der Waals surface area contributed by atoms with Gasteiger partial charge in [-0.25, -0.2) is 4.68 Å². The van der Waals surface area contributed by atoms with Gasteiger partial charge in [0.1, 0.15) is 6.33 Å². The molecule has 148 valence electrons. The van der Waals surface area contributed by atoms with E-state index >= 15 is 0 Å². The van der Waals surface area contributed by atoms with Crippen molar-refractivity contribution in [3.63, 3.8) is 0 Å². The first-order chi connectivity index (χ1) is 14.2. The molecule has 4 aromatic rings. The van der Waals surface area contributed by atoms with Crippen LogP contribution in [0.25, 0.3) is 17.3 Å². The number of nitrogens with one attached hydrogen (secondary N) is 1. The predicted octanol–water partition coefficient (Wildman–Crippen LogP) is 2.57. The zero-order valence-corrected chi connectivity index (χ0v) is 16.6. The molecule has 1 N–H and O–H groups in total. The summed E-state index contributed by atoms with van der Waals surface area (Å²) in [6.45, 7) is 4.61. The van der Waals surface area contributed by atoms with Gasteiger partial charge in [0.05, 0.1) is 17.7 Å². The SMILES string of the molecule is CCn1c(SCC(=O)Nc2ccc(C)c(-n3cnnn3)c2)nnc1-c1ccco1. The molecular weight excluding hydrogens is 392 g/mol. The number of hydrogen-bond acceptors (Lipinski definition) is 8. The molecule has 3 aromatic heterocycles. The maximum Gasteiger partial charge on any atom is 0.234 e. The molecule has 0 spiro atoms. The van der Waals surface area contributed by atoms with E-state index in [9.17, 15) is 4.79 Å². The van der Waals surface area contributed by atoms with E-state index in [-0.39, 0.29) is 11.7 Å². The van der Waals surface area contributed by atoms with Gasteiger partial charge in [-0.15, -0.1) is 15.3 Å². The first-order valence-electron chi connectivity index (χ1n) is 8.89. The quantitative estimate of drug-likeness (QED) is 0.462. The van der Waals surface area contributed by atoms with Gasteiger partial charge >= 0.3 is 0 Å². The lowest BCUT2D eigenvalue weighted by atomic mass is 10.2. The number of hydrogen-bond donors (Lipinski definition) is 1. The van der Waals surface area contributed by atoms with Gasteiger partial charge in [0.15, 0.2) is 16.7 Å². The fourth-order valence-corrected chi connectivity index (χ4v) is 3.60. The van der Waals surface area contributed by atoms with E-state index in [2.05, 4.69) is 31.0 Å². The van der Waals surface area contributed by atoms with Crippen LogP contribution in [0, 0.1) is 6.92 Å². The van der Waals surface area contributed by atoms with Crippen LogP contribution in [-0.4, -0.2) is 46.6 Å². The number of aromatic nitrogens is 7. The summed E-state index contributed by atoms with van der Waals surface area (Å²) in [4.78, 5) is 12.4. The van der Waals surface area contributed by atoms with E-state index in [1.165, 1.54) is 18.1 Å². The zero-order chi connectivity index (χ0) is 20.2. The lowest BCUT2D eigenvalue weighted by Gasteiger charge is -2.10. The normalized spacial score (nSPS) is 11.0. The minimum Gasteiger partial charge on any atom is -0.461 e. The molecule has 0 saturated carbocycles. The molecule has 0 unspecified atom stereocenters. The smallest absolute Gasteiger partial charge is 0.234 e. The summed E-state index contributed by atoms with van der Waals surface area (Å²) in [6.07, 6.45) is 3.10. The fourth-order valence-electron chi connectivity index (χ4n) is 2.80. The van der Waals surface area contributed by atoms with Crippen molar-refractivity contribution in [1.82, 2.24) is 35.0 Å². The highest BCUT2D eigenvalue weighted by Crippen LogP contribution is 2.24. The van der Waals surface area contributed by atoms with Crippen LogP contribution in [0.5, 0.6) is 0 Å². The van der Waals surface area contributed by atoms with E-state index in [0.29, 0.717) is 29.0 Å². The molecule has 29 heavy (non-hydrogen) atoms. The number of aryl methyl sites for hydroxylation is 1. The molecule has 3 heterocycles. The third-order valence-corrected chi connectivity index (χ3v) is 5.16. The molecule has 0 aliphatic heterocycles. The zero-order valence-electron chi connectivity index (χ0n) is 15.8. The number of carbonyl (C=O) groups excluding carboxylic acids is 1. The number of nitrogens with zero attached hydrogens (tertiary/aromatic N) is 7. The number of thioether (sulfide) groups is 1. The number of amides is 1. The van der Waals surface area contributed by atoms with Crippen molar-refractivity contribution in [1.29, 1.82) is 0 Å². The lowest BCUT2D eigenvalue weighted by molar-refractivity contribution is -0.113. The van der Waals surface area contributed by atoms with E-state index in [1.807, 2.05) is 42.7 Å². The first kappa shape index (κ1) is 18.9. The Hall–Kier alpha value is -3.47. The fraction of sp³-hybridized carbons (Fsp3) is 0.222. The Bertz CT molecular complexity index is 1110. The van der Waals surface area contributed by atoms with Crippen molar-refractivity contribution >= 4 is 23.4 Å². The first-order valence-corrected chi connectivity index (χ1v) is 9.88. The minimum absolute atomic E-state index is 0.147. The van der Waals surface area contributed by atoms with Crippen LogP contribution in [0.3, 0.4) is 0 Å². The summed E-state index contributed by atoms with van der Waals surface area (Å²) in [5.74, 6) is 1.34. The maximum atomic E-state index is 12.4. The molecule has 11 heteroatoms. The van der Waals surface area contributed by atoms with Gasteiger partial charge in [-0.3, -0.25) is 9.36 Å². The monoisotopic (exact) mass is 410 g/mol. The summed E-state index contributed by atoms with van der Waals surface area (Å²) < 4.78 is 8.87. The van der Waals surface area contributed by atoms with E-state index < -0.39 is 0 Å². The van der Waals surface area contributed by atoms with Crippen molar-refractivity contribution in [3.8, 4) is 17.3 Å². The number of benzene rings is 1. The third-order valence-electron chi connectivity index (χ3n) is 4.20. The van der Waals surface area contributed by atoms with Crippen molar-refractivity contribution < 1.29 is 9.21 Å². The molecule has 10 nitrogen and oxygen atoms in total. The second-order valence-corrected chi connectivity index (χ2v) is 7.06. The number of furan rings is 1. The van der Waals surface area contributed by atoms with E-state index in [1.54, 1.807) is 17.0 Å². The van der Waals surface area contributed by atoms with Gasteiger partial charge in [0, 0.05) is 12.2 Å². The number of carbonyl (C=O) groups is 1. The van der Waals surface area contributed by atoms with Crippen LogP contribution >= 0.6 is 11.8 Å². The van der Waals surface area contributed by atoms with Crippen molar-refractivity contribution in [2.75, 3.05) is 11.1 Å². The maximum absolute atomic E-state index is 12.4. The number of rotatable bonds is 7. The highest BCUT2D eigenvalue weighted by molar-refractivity contribution is 7.99. The molecule has 1 aromatic carbocycles. The van der Waals surface area contributed by atoms with E-state index in [4.69, 9.17) is 4.42 Å². The van der Waals surface area contributed by atoms with Gasteiger partial charge in [-0.05, 0) is 54.1 Å². The lowest BCUT2D eigenvalue weighted by Crippen LogP contribution is -2.15. The molecule has 0 aliphatic rings. The Morgan fingerprint density at radius 1 is 1.28 bits per heavy atom. The summed E-state index contributed by atoms with van der Waals surface area (Å²) >= 11 is 1.32. The molecule has 0 bridgehead atoms. The van der Waals surface area contributed by atoms with Crippen molar-refractivity contribution in [2.45, 2.75) is 25.5 Å². The molecule has 0 atom stereocenters. The molecule has 0 saturated heterocycles. The topological polar surface area (TPSA) is 117 Å². The number of tetrazole rings is 1. The standard InChI is InChI=1S/C18H18N8O2S/c1-3-25-17(15-5-4-8-28-15)21-22-18(25)29-10-16(27)20-13-7-6-12(2)14(9-13)26-11-19-23-24-26/h4-9,11H,3,10H2,1-2H3,(H,20,27). The van der Waals surface area contributed by atoms with Crippen molar-refractivity contribution in [3.05, 3.63) is 48.5 Å². The highest BCUT2D eigenvalue weighted by Gasteiger charge is 2.16. The summed E-state index contributed by atoms with van der Waals surface area (Å²) in [5.41, 5.74) is 2.46.